The Kier molecular flexibility index (Phi) is 7.41. The summed E-state index contributed by atoms with van der Waals surface area (Å²) >= 11 is 3.36. The van der Waals surface area contributed by atoms with Gasteiger partial charge in [-0.15, -0.1) is 0 Å². The fourth-order valence-electron chi connectivity index (χ4n) is 3.64. The highest BCUT2D eigenvalue weighted by atomic mass is 79.9. The molecular weight excluding hydrogens is 490 g/mol. The van der Waals surface area contributed by atoms with Gasteiger partial charge in [-0.25, -0.2) is 9.59 Å². The Labute approximate surface area is 199 Å². The van der Waals surface area contributed by atoms with E-state index < -0.39 is 17.9 Å². The summed E-state index contributed by atoms with van der Waals surface area (Å²) in [6, 6.07) is 15.1. The molecule has 33 heavy (non-hydrogen) atoms. The van der Waals surface area contributed by atoms with Gasteiger partial charge in [0.05, 0.1) is 36.3 Å². The summed E-state index contributed by atoms with van der Waals surface area (Å²) in [5, 5.41) is 20.6. The standard InChI is InChI=1S/C24H22BrN3O5/c1-3-32-23(30)20-19(16-7-5-6-8-18(16)29)17(13-26)22(27)28(21(20)24(31)33-4-2)15-11-9-14(25)10-12-15/h5-12,19,29H,3-4,27H2,1-2H3. The minimum Gasteiger partial charge on any atom is -0.508 e. The van der Waals surface area contributed by atoms with Crippen LogP contribution in [0.2, 0.25) is 0 Å². The number of phenolic OH excluding ortho intramolecular Hbond substituents is 1. The number of phenols is 1. The third-order valence-electron chi connectivity index (χ3n) is 4.99. The van der Waals surface area contributed by atoms with Gasteiger partial charge >= 0.3 is 11.9 Å². The summed E-state index contributed by atoms with van der Waals surface area (Å²) in [6.45, 7) is 3.34. The number of nitrogens with two attached hydrogens (primary N) is 1. The lowest BCUT2D eigenvalue weighted by atomic mass is 9.80. The number of ether oxygens (including phenoxy) is 2. The lowest BCUT2D eigenvalue weighted by molar-refractivity contribution is -0.142. The van der Waals surface area contributed by atoms with Gasteiger partial charge in [0, 0.05) is 15.7 Å². The minimum atomic E-state index is -1.14. The number of para-hydroxylation sites is 1. The third-order valence-corrected chi connectivity index (χ3v) is 5.52. The molecule has 8 nitrogen and oxygen atoms in total. The van der Waals surface area contributed by atoms with Gasteiger partial charge in [0.15, 0.2) is 0 Å². The van der Waals surface area contributed by atoms with Crippen LogP contribution in [0.15, 0.2) is 75.7 Å². The van der Waals surface area contributed by atoms with E-state index in [2.05, 4.69) is 22.0 Å². The molecule has 9 heteroatoms. The second kappa shape index (κ2) is 10.2. The SMILES string of the molecule is CCOC(=O)C1=C(C(=O)OCC)N(c2ccc(Br)cc2)C(N)=C(C#N)C1c1ccccc1O. The zero-order chi connectivity index (χ0) is 24.1. The van der Waals surface area contributed by atoms with Gasteiger partial charge in [-0.05, 0) is 44.2 Å². The number of benzene rings is 2. The molecule has 1 unspecified atom stereocenters. The maximum Gasteiger partial charge on any atom is 0.355 e. The monoisotopic (exact) mass is 511 g/mol. The topological polar surface area (TPSA) is 126 Å². The van der Waals surface area contributed by atoms with E-state index in [-0.39, 0.29) is 47.2 Å². The second-order valence-electron chi connectivity index (χ2n) is 6.92. The van der Waals surface area contributed by atoms with Crippen LogP contribution in [0.3, 0.4) is 0 Å². The predicted octanol–water partition coefficient (Wildman–Crippen LogP) is 3.83. The molecule has 0 saturated heterocycles. The summed E-state index contributed by atoms with van der Waals surface area (Å²) < 4.78 is 11.3. The summed E-state index contributed by atoms with van der Waals surface area (Å²) in [5.74, 6) is -3.00. The van der Waals surface area contributed by atoms with Crippen molar-refractivity contribution in [2.24, 2.45) is 5.73 Å². The van der Waals surface area contributed by atoms with Crippen molar-refractivity contribution in [2.75, 3.05) is 18.1 Å². The van der Waals surface area contributed by atoms with Crippen LogP contribution in [0.4, 0.5) is 5.69 Å². The zero-order valence-corrected chi connectivity index (χ0v) is 19.6. The number of carbonyl (C=O) groups is 2. The third kappa shape index (κ3) is 4.56. The van der Waals surface area contributed by atoms with Gasteiger partial charge < -0.3 is 20.3 Å². The quantitative estimate of drug-likeness (QED) is 0.560. The van der Waals surface area contributed by atoms with Crippen molar-refractivity contribution in [1.29, 1.82) is 5.26 Å². The van der Waals surface area contributed by atoms with Crippen LogP contribution in [0.25, 0.3) is 0 Å². The number of hydrogen-bond acceptors (Lipinski definition) is 8. The van der Waals surface area contributed by atoms with E-state index in [9.17, 15) is 20.0 Å². The van der Waals surface area contributed by atoms with Crippen molar-refractivity contribution in [3.8, 4) is 11.8 Å². The maximum absolute atomic E-state index is 13.2. The van der Waals surface area contributed by atoms with Crippen molar-refractivity contribution in [3.05, 3.63) is 81.2 Å². The normalized spacial score (nSPS) is 15.8. The molecule has 1 heterocycles. The van der Waals surface area contributed by atoms with Gasteiger partial charge in [0.2, 0.25) is 0 Å². The first-order valence-electron chi connectivity index (χ1n) is 10.2. The molecule has 0 aromatic heterocycles. The van der Waals surface area contributed by atoms with Crippen molar-refractivity contribution in [1.82, 2.24) is 0 Å². The second-order valence-corrected chi connectivity index (χ2v) is 7.83. The van der Waals surface area contributed by atoms with Gasteiger partial charge in [0.25, 0.3) is 0 Å². The Morgan fingerprint density at radius 2 is 1.70 bits per heavy atom. The van der Waals surface area contributed by atoms with Crippen molar-refractivity contribution < 1.29 is 24.2 Å². The minimum absolute atomic E-state index is 0.0180. The molecule has 0 aliphatic carbocycles. The van der Waals surface area contributed by atoms with Gasteiger partial charge in [-0.2, -0.15) is 5.26 Å². The van der Waals surface area contributed by atoms with Crippen LogP contribution in [-0.4, -0.2) is 30.3 Å². The molecule has 0 radical (unpaired) electrons. The number of nitrogens with zero attached hydrogens (tertiary/aromatic N) is 2. The molecule has 0 fully saturated rings. The number of hydrogen-bond donors (Lipinski definition) is 2. The molecule has 0 bridgehead atoms. The largest absolute Gasteiger partial charge is 0.508 e. The molecule has 1 atom stereocenters. The molecule has 1 aliphatic rings. The molecule has 0 spiro atoms. The molecule has 3 N–H and O–H groups in total. The summed E-state index contributed by atoms with van der Waals surface area (Å²) in [5.41, 5.74) is 6.76. The Balaban J connectivity index is 2.42. The van der Waals surface area contributed by atoms with Crippen LogP contribution in [-0.2, 0) is 19.1 Å². The zero-order valence-electron chi connectivity index (χ0n) is 18.0. The van der Waals surface area contributed by atoms with Gasteiger partial charge in [-0.1, -0.05) is 34.1 Å². The average Bonchev–Trinajstić information content (AvgIpc) is 2.79. The number of esters is 2. The first kappa shape index (κ1) is 23.9. The van der Waals surface area contributed by atoms with Crippen molar-refractivity contribution in [2.45, 2.75) is 19.8 Å². The van der Waals surface area contributed by atoms with Crippen LogP contribution in [0, 0.1) is 11.3 Å². The lowest BCUT2D eigenvalue weighted by Gasteiger charge is -2.36. The molecule has 1 aliphatic heterocycles. The lowest BCUT2D eigenvalue weighted by Crippen LogP contribution is -2.41. The highest BCUT2D eigenvalue weighted by Crippen LogP contribution is 2.45. The van der Waals surface area contributed by atoms with E-state index in [1.54, 1.807) is 56.3 Å². The number of allylic oxidation sites excluding steroid dienone is 1. The van der Waals surface area contributed by atoms with E-state index >= 15 is 0 Å². The van der Waals surface area contributed by atoms with Crippen molar-refractivity contribution >= 4 is 33.6 Å². The summed E-state index contributed by atoms with van der Waals surface area (Å²) in [6.07, 6.45) is 0. The molecule has 0 saturated carbocycles. The van der Waals surface area contributed by atoms with E-state index in [1.807, 2.05) is 0 Å². The number of nitriles is 1. The Morgan fingerprint density at radius 3 is 2.27 bits per heavy atom. The fourth-order valence-corrected chi connectivity index (χ4v) is 3.90. The van der Waals surface area contributed by atoms with E-state index in [1.165, 1.54) is 11.0 Å². The highest BCUT2D eigenvalue weighted by molar-refractivity contribution is 9.10. The number of anilines is 1. The Hall–Kier alpha value is -3.77. The van der Waals surface area contributed by atoms with Crippen LogP contribution < -0.4 is 10.6 Å². The van der Waals surface area contributed by atoms with E-state index in [0.29, 0.717) is 5.69 Å². The van der Waals surface area contributed by atoms with Crippen LogP contribution in [0.1, 0.15) is 25.3 Å². The summed E-state index contributed by atoms with van der Waals surface area (Å²) in [4.78, 5) is 27.8. The Morgan fingerprint density at radius 1 is 1.09 bits per heavy atom. The maximum atomic E-state index is 13.2. The first-order chi connectivity index (χ1) is 15.8. The first-order valence-corrected chi connectivity index (χ1v) is 11.0. The number of carbonyl (C=O) groups excluding carboxylic acids is 2. The average molecular weight is 512 g/mol. The Bertz CT molecular complexity index is 1180. The highest BCUT2D eigenvalue weighted by Gasteiger charge is 2.44. The van der Waals surface area contributed by atoms with Crippen LogP contribution >= 0.6 is 15.9 Å². The fraction of sp³-hybridized carbons (Fsp3) is 0.208. The van der Waals surface area contributed by atoms with E-state index in [4.69, 9.17) is 15.2 Å². The molecular formula is C24H22BrN3O5. The smallest absolute Gasteiger partial charge is 0.355 e. The van der Waals surface area contributed by atoms with Gasteiger partial charge in [0.1, 0.15) is 17.3 Å². The number of aromatic hydroxyl groups is 1. The molecule has 2 aromatic carbocycles. The van der Waals surface area contributed by atoms with Gasteiger partial charge in [-0.3, -0.25) is 4.90 Å². The van der Waals surface area contributed by atoms with E-state index in [0.717, 1.165) is 4.47 Å². The molecule has 0 amide bonds. The molecule has 170 valence electrons. The molecule has 3 rings (SSSR count). The molecule has 2 aromatic rings. The van der Waals surface area contributed by atoms with Crippen LogP contribution in [0.5, 0.6) is 5.75 Å². The summed E-state index contributed by atoms with van der Waals surface area (Å²) in [7, 11) is 0. The predicted molar refractivity (Wildman–Crippen MR) is 125 cm³/mol. The number of halogens is 1. The van der Waals surface area contributed by atoms with Crippen molar-refractivity contribution in [3.63, 3.8) is 0 Å². The number of rotatable bonds is 6.